The van der Waals surface area contributed by atoms with Gasteiger partial charge in [0.1, 0.15) is 11.3 Å². The molecule has 0 fully saturated rings. The lowest BCUT2D eigenvalue weighted by molar-refractivity contribution is 0.0683. The Balaban J connectivity index is 2.83. The van der Waals surface area contributed by atoms with Crippen LogP contribution in [0.15, 0.2) is 16.9 Å². The molecule has 6 nitrogen and oxygen atoms in total. The van der Waals surface area contributed by atoms with Crippen LogP contribution in [-0.4, -0.2) is 25.3 Å². The number of aromatic nitrogens is 3. The molecule has 0 spiro atoms. The molecule has 2 aromatic rings. The number of aromatic carboxylic acids is 1. The van der Waals surface area contributed by atoms with Gasteiger partial charge in [0.25, 0.3) is 5.56 Å². The molecule has 0 aromatic carbocycles. The number of carboxylic acids is 1. The summed E-state index contributed by atoms with van der Waals surface area (Å²) in [6, 6.07) is 2.83. The Morgan fingerprint density at radius 3 is 2.67 bits per heavy atom. The first-order valence-corrected chi connectivity index (χ1v) is 5.73. The summed E-state index contributed by atoms with van der Waals surface area (Å²) in [6.45, 7) is 6.27. The minimum absolute atomic E-state index is 0.00102. The zero-order valence-electron chi connectivity index (χ0n) is 10.5. The normalized spacial score (nSPS) is 11.3. The average Bonchev–Trinajstić information content (AvgIpc) is 2.63. The molecule has 0 atom stereocenters. The van der Waals surface area contributed by atoms with Crippen LogP contribution in [0, 0.1) is 12.8 Å². The number of aryl methyl sites for hydroxylation is 1. The van der Waals surface area contributed by atoms with Crippen molar-refractivity contribution in [1.82, 2.24) is 14.2 Å². The van der Waals surface area contributed by atoms with Gasteiger partial charge in [-0.25, -0.2) is 4.79 Å². The molecular formula is C12H15N3O3. The minimum atomic E-state index is -1.10. The fourth-order valence-corrected chi connectivity index (χ4v) is 1.95. The van der Waals surface area contributed by atoms with E-state index in [-0.39, 0.29) is 11.6 Å². The Morgan fingerprint density at radius 2 is 2.11 bits per heavy atom. The zero-order valence-corrected chi connectivity index (χ0v) is 10.5. The van der Waals surface area contributed by atoms with E-state index < -0.39 is 11.5 Å². The number of carboxylic acid groups (broad SMARTS) is 1. The van der Waals surface area contributed by atoms with E-state index in [9.17, 15) is 14.7 Å². The Morgan fingerprint density at radius 1 is 1.44 bits per heavy atom. The third-order valence-electron chi connectivity index (χ3n) is 2.62. The summed E-state index contributed by atoms with van der Waals surface area (Å²) in [5.74, 6) is -0.835. The Bertz CT molecular complexity index is 667. The topological polar surface area (TPSA) is 76.6 Å². The van der Waals surface area contributed by atoms with Crippen molar-refractivity contribution in [3.8, 4) is 0 Å². The van der Waals surface area contributed by atoms with Crippen molar-refractivity contribution in [1.29, 1.82) is 0 Å². The van der Waals surface area contributed by atoms with Gasteiger partial charge in [0.2, 0.25) is 0 Å². The van der Waals surface area contributed by atoms with Crippen LogP contribution in [0.5, 0.6) is 0 Å². The molecule has 0 aliphatic heterocycles. The van der Waals surface area contributed by atoms with Crippen LogP contribution in [0.1, 0.15) is 30.0 Å². The molecule has 0 aliphatic carbocycles. The van der Waals surface area contributed by atoms with Gasteiger partial charge in [-0.15, -0.1) is 0 Å². The SMILES string of the molecule is Cc1cc2n(CC(C)C)c(C(=O)O)cc(=O)n2n1. The molecule has 0 saturated heterocycles. The lowest BCUT2D eigenvalue weighted by Gasteiger charge is -2.14. The number of nitrogens with zero attached hydrogens (tertiary/aromatic N) is 3. The Labute approximate surface area is 103 Å². The molecule has 0 bridgehead atoms. The second-order valence-electron chi connectivity index (χ2n) is 4.73. The highest BCUT2D eigenvalue weighted by Gasteiger charge is 2.16. The summed E-state index contributed by atoms with van der Waals surface area (Å²) < 4.78 is 2.86. The summed E-state index contributed by atoms with van der Waals surface area (Å²) in [6.07, 6.45) is 0. The largest absolute Gasteiger partial charge is 0.477 e. The van der Waals surface area contributed by atoms with E-state index in [4.69, 9.17) is 0 Å². The maximum Gasteiger partial charge on any atom is 0.352 e. The standard InChI is InChI=1S/C12H15N3O3/c1-7(2)6-14-9(12(17)18)5-11(16)15-10(14)4-8(3)13-15/h4-5,7H,6H2,1-3H3,(H,17,18). The van der Waals surface area contributed by atoms with Gasteiger partial charge in [-0.1, -0.05) is 13.8 Å². The van der Waals surface area contributed by atoms with Gasteiger partial charge in [0.05, 0.1) is 5.69 Å². The van der Waals surface area contributed by atoms with Crippen molar-refractivity contribution in [3.05, 3.63) is 33.9 Å². The van der Waals surface area contributed by atoms with Crippen LogP contribution in [-0.2, 0) is 6.54 Å². The summed E-state index contributed by atoms with van der Waals surface area (Å²) in [4.78, 5) is 23.0. The summed E-state index contributed by atoms with van der Waals surface area (Å²) in [7, 11) is 0. The highest BCUT2D eigenvalue weighted by atomic mass is 16.4. The summed E-state index contributed by atoms with van der Waals surface area (Å²) in [5.41, 5.74) is 0.787. The molecule has 0 amide bonds. The minimum Gasteiger partial charge on any atom is -0.477 e. The molecule has 1 N–H and O–H groups in total. The molecule has 0 aliphatic rings. The molecule has 18 heavy (non-hydrogen) atoms. The lowest BCUT2D eigenvalue weighted by Crippen LogP contribution is -2.24. The van der Waals surface area contributed by atoms with Crippen LogP contribution in [0.25, 0.3) is 5.65 Å². The molecule has 0 saturated carbocycles. The lowest BCUT2D eigenvalue weighted by atomic mass is 10.2. The van der Waals surface area contributed by atoms with Crippen LogP contribution in [0.2, 0.25) is 0 Å². The molecule has 2 aromatic heterocycles. The van der Waals surface area contributed by atoms with Gasteiger partial charge >= 0.3 is 5.97 Å². The highest BCUT2D eigenvalue weighted by molar-refractivity contribution is 5.86. The molecule has 2 rings (SSSR count). The van der Waals surface area contributed by atoms with Crippen molar-refractivity contribution >= 4 is 11.6 Å². The van der Waals surface area contributed by atoms with Crippen LogP contribution >= 0.6 is 0 Å². The number of fused-ring (bicyclic) bond motifs is 1. The van der Waals surface area contributed by atoms with Crippen molar-refractivity contribution in [2.45, 2.75) is 27.3 Å². The first-order valence-electron chi connectivity index (χ1n) is 5.73. The number of hydrogen-bond donors (Lipinski definition) is 1. The van der Waals surface area contributed by atoms with Crippen molar-refractivity contribution in [2.75, 3.05) is 0 Å². The maximum absolute atomic E-state index is 11.8. The number of hydrogen-bond acceptors (Lipinski definition) is 3. The van der Waals surface area contributed by atoms with Gasteiger partial charge < -0.3 is 9.67 Å². The van der Waals surface area contributed by atoms with E-state index in [1.807, 2.05) is 13.8 Å². The smallest absolute Gasteiger partial charge is 0.352 e. The van der Waals surface area contributed by atoms with Gasteiger partial charge in [0, 0.05) is 18.7 Å². The second-order valence-corrected chi connectivity index (χ2v) is 4.73. The quantitative estimate of drug-likeness (QED) is 0.885. The average molecular weight is 249 g/mol. The predicted molar refractivity (Wildman–Crippen MR) is 66.0 cm³/mol. The van der Waals surface area contributed by atoms with Crippen LogP contribution < -0.4 is 5.56 Å². The molecule has 96 valence electrons. The first kappa shape index (κ1) is 12.3. The molecule has 2 heterocycles. The van der Waals surface area contributed by atoms with Gasteiger partial charge in [-0.3, -0.25) is 4.79 Å². The maximum atomic E-state index is 11.8. The first-order chi connectivity index (χ1) is 8.40. The van der Waals surface area contributed by atoms with Crippen molar-refractivity contribution < 1.29 is 9.90 Å². The van der Waals surface area contributed by atoms with Crippen molar-refractivity contribution in [3.63, 3.8) is 0 Å². The van der Waals surface area contributed by atoms with E-state index in [1.54, 1.807) is 17.6 Å². The monoisotopic (exact) mass is 249 g/mol. The van der Waals surface area contributed by atoms with E-state index in [2.05, 4.69) is 5.10 Å². The Hall–Kier alpha value is -2.11. The van der Waals surface area contributed by atoms with E-state index >= 15 is 0 Å². The van der Waals surface area contributed by atoms with Gasteiger partial charge in [-0.05, 0) is 12.8 Å². The fourth-order valence-electron chi connectivity index (χ4n) is 1.95. The van der Waals surface area contributed by atoms with Gasteiger partial charge in [-0.2, -0.15) is 9.61 Å². The van der Waals surface area contributed by atoms with E-state index in [1.165, 1.54) is 4.52 Å². The molecule has 0 radical (unpaired) electrons. The predicted octanol–water partition coefficient (Wildman–Crippen LogP) is 1.16. The van der Waals surface area contributed by atoms with Gasteiger partial charge in [0.15, 0.2) is 0 Å². The van der Waals surface area contributed by atoms with Crippen LogP contribution in [0.3, 0.4) is 0 Å². The Kier molecular flexibility index (Phi) is 2.94. The zero-order chi connectivity index (χ0) is 13.4. The molecule has 6 heteroatoms. The van der Waals surface area contributed by atoms with E-state index in [0.717, 1.165) is 6.07 Å². The number of carbonyl (C=O) groups is 1. The second kappa shape index (κ2) is 4.29. The number of rotatable bonds is 3. The third kappa shape index (κ3) is 2.01. The summed E-state index contributed by atoms with van der Waals surface area (Å²) in [5, 5.41) is 13.3. The third-order valence-corrected chi connectivity index (χ3v) is 2.62. The van der Waals surface area contributed by atoms with Crippen LogP contribution in [0.4, 0.5) is 0 Å². The molecule has 0 unspecified atom stereocenters. The summed E-state index contributed by atoms with van der Waals surface area (Å²) >= 11 is 0. The highest BCUT2D eigenvalue weighted by Crippen LogP contribution is 2.11. The fraction of sp³-hybridized carbons (Fsp3) is 0.417. The van der Waals surface area contributed by atoms with Crippen molar-refractivity contribution in [2.24, 2.45) is 5.92 Å². The van der Waals surface area contributed by atoms with E-state index in [0.29, 0.717) is 17.9 Å². The molecular weight excluding hydrogens is 234 g/mol.